The molecular weight excluding hydrogens is 528 g/mol. The average Bonchev–Trinajstić information content (AvgIpc) is 3.14. The Labute approximate surface area is 207 Å². The number of carbonyl (C=O) groups is 2. The fraction of sp³-hybridized carbons (Fsp3) is 0.500. The molecule has 12 heteroatoms. The molecule has 2 unspecified atom stereocenters. The van der Waals surface area contributed by atoms with Crippen molar-refractivity contribution in [3.8, 4) is 0 Å². The van der Waals surface area contributed by atoms with Crippen molar-refractivity contribution in [1.29, 1.82) is 0 Å². The van der Waals surface area contributed by atoms with Crippen LogP contribution in [0, 0.1) is 5.92 Å². The van der Waals surface area contributed by atoms with E-state index in [2.05, 4.69) is 31.5 Å². The van der Waals surface area contributed by atoms with Crippen LogP contribution in [-0.4, -0.2) is 65.9 Å². The van der Waals surface area contributed by atoms with Gasteiger partial charge in [0, 0.05) is 19.3 Å². The van der Waals surface area contributed by atoms with Gasteiger partial charge in [-0.15, -0.1) is 0 Å². The van der Waals surface area contributed by atoms with Gasteiger partial charge in [0.15, 0.2) is 15.5 Å². The van der Waals surface area contributed by atoms with Crippen LogP contribution in [0.5, 0.6) is 0 Å². The second kappa shape index (κ2) is 11.4. The maximum Gasteiger partial charge on any atom is 0.287 e. The minimum Gasteiger partial charge on any atom is -0.444 e. The van der Waals surface area contributed by atoms with Crippen molar-refractivity contribution in [2.45, 2.75) is 56.3 Å². The lowest BCUT2D eigenvalue weighted by Crippen LogP contribution is -2.54. The minimum absolute atomic E-state index is 0.0679. The summed E-state index contributed by atoms with van der Waals surface area (Å²) in [6.07, 6.45) is 1.47. The first-order chi connectivity index (χ1) is 16.1. The zero-order chi connectivity index (χ0) is 24.9. The number of aromatic nitrogens is 1. The predicted octanol–water partition coefficient (Wildman–Crippen LogP) is 1.91. The van der Waals surface area contributed by atoms with Crippen molar-refractivity contribution in [2.24, 2.45) is 5.92 Å². The lowest BCUT2D eigenvalue weighted by molar-refractivity contribution is -0.125. The van der Waals surface area contributed by atoms with E-state index >= 15 is 0 Å². The first-order valence-electron chi connectivity index (χ1n) is 11.0. The van der Waals surface area contributed by atoms with Crippen LogP contribution in [0.15, 0.2) is 50.6 Å². The number of aliphatic hydroxyl groups is 1. The van der Waals surface area contributed by atoms with Crippen LogP contribution in [0.3, 0.4) is 0 Å². The fourth-order valence-corrected chi connectivity index (χ4v) is 5.51. The van der Waals surface area contributed by atoms with E-state index in [1.54, 1.807) is 18.2 Å². The number of nitrogens with zero attached hydrogens (tertiary/aromatic N) is 2. The van der Waals surface area contributed by atoms with Crippen LogP contribution in [0.4, 0.5) is 0 Å². The zero-order valence-corrected chi connectivity index (χ0v) is 21.4. The molecule has 2 aromatic rings. The first kappa shape index (κ1) is 26.3. The summed E-state index contributed by atoms with van der Waals surface area (Å²) in [5, 5.41) is 16.2. The summed E-state index contributed by atoms with van der Waals surface area (Å²) in [6, 6.07) is 6.18. The molecule has 3 rings (SSSR count). The first-order valence-corrected chi connectivity index (χ1v) is 13.3. The number of β-amino-alcohol motifs (C(OH)–C–C–N with tert-alkyl or cyclic N) is 1. The van der Waals surface area contributed by atoms with E-state index in [9.17, 15) is 23.1 Å². The van der Waals surface area contributed by atoms with E-state index < -0.39 is 40.0 Å². The van der Waals surface area contributed by atoms with Crippen LogP contribution < -0.4 is 10.6 Å². The number of carbonyl (C=O) groups excluding carboxylic acids is 2. The third kappa shape index (κ3) is 6.65. The van der Waals surface area contributed by atoms with Gasteiger partial charge >= 0.3 is 0 Å². The molecule has 0 saturated carbocycles. The number of nitrogens with one attached hydrogen (secondary N) is 2. The van der Waals surface area contributed by atoms with Crippen LogP contribution in [0.2, 0.25) is 0 Å². The van der Waals surface area contributed by atoms with Crippen molar-refractivity contribution in [3.05, 3.63) is 47.0 Å². The molecule has 1 fully saturated rings. The Kier molecular flexibility index (Phi) is 8.85. The van der Waals surface area contributed by atoms with Gasteiger partial charge in [0.25, 0.3) is 15.9 Å². The highest BCUT2D eigenvalue weighted by Crippen LogP contribution is 2.20. The van der Waals surface area contributed by atoms with E-state index in [1.165, 1.54) is 22.6 Å². The third-order valence-electron chi connectivity index (χ3n) is 5.47. The molecule has 0 aliphatic carbocycles. The van der Waals surface area contributed by atoms with Crippen LogP contribution in [-0.2, 0) is 14.8 Å². The normalized spacial score (nSPS) is 20.5. The smallest absolute Gasteiger partial charge is 0.287 e. The number of hydrogen-bond donors (Lipinski definition) is 3. The SMILES string of the molecule is CC(C)CC(NC(=O)c1ccc(Br)o1)C(=O)NC1CCCN(S(=O)(=O)c2ccccn2)C[C@@H]1O. The van der Waals surface area contributed by atoms with Crippen molar-refractivity contribution in [2.75, 3.05) is 13.1 Å². The standard InChI is InChI=1S/C22H29BrN4O6S/c1-14(2)12-16(26-22(30)18-8-9-19(23)33-18)21(29)25-15-6-5-11-27(13-17(15)28)34(31,32)20-7-3-4-10-24-20/h3-4,7-10,14-17,28H,5-6,11-13H2,1-2H3,(H,25,29)(H,26,30)/t15?,16?,17-/m0/s1. The van der Waals surface area contributed by atoms with Crippen LogP contribution in [0.25, 0.3) is 0 Å². The molecule has 0 bridgehead atoms. The van der Waals surface area contributed by atoms with Crippen molar-refractivity contribution in [3.63, 3.8) is 0 Å². The molecule has 2 amide bonds. The maximum absolute atomic E-state index is 13.1. The second-order valence-corrected chi connectivity index (χ2v) is 11.3. The molecule has 0 spiro atoms. The summed E-state index contributed by atoms with van der Waals surface area (Å²) < 4.78 is 32.7. The maximum atomic E-state index is 13.1. The number of furan rings is 1. The highest BCUT2D eigenvalue weighted by atomic mass is 79.9. The molecule has 0 radical (unpaired) electrons. The lowest BCUT2D eigenvalue weighted by Gasteiger charge is -2.27. The molecule has 186 valence electrons. The predicted molar refractivity (Wildman–Crippen MR) is 127 cm³/mol. The Morgan fingerprint density at radius 2 is 2.06 bits per heavy atom. The zero-order valence-electron chi connectivity index (χ0n) is 19.0. The van der Waals surface area contributed by atoms with E-state index in [1.807, 2.05) is 13.8 Å². The van der Waals surface area contributed by atoms with Gasteiger partial charge < -0.3 is 20.2 Å². The Balaban J connectivity index is 1.67. The quantitative estimate of drug-likeness (QED) is 0.450. The van der Waals surface area contributed by atoms with Crippen LogP contribution >= 0.6 is 15.9 Å². The molecular formula is C22H29BrN4O6S. The molecule has 3 heterocycles. The Morgan fingerprint density at radius 1 is 1.29 bits per heavy atom. The van der Waals surface area contributed by atoms with Gasteiger partial charge in [-0.3, -0.25) is 9.59 Å². The molecule has 10 nitrogen and oxygen atoms in total. The molecule has 2 aromatic heterocycles. The van der Waals surface area contributed by atoms with Gasteiger partial charge in [-0.2, -0.15) is 4.31 Å². The summed E-state index contributed by atoms with van der Waals surface area (Å²) >= 11 is 3.14. The number of sulfonamides is 1. The van der Waals surface area contributed by atoms with Crippen LogP contribution in [0.1, 0.15) is 43.7 Å². The van der Waals surface area contributed by atoms with E-state index in [4.69, 9.17) is 4.42 Å². The van der Waals surface area contributed by atoms with Crippen molar-refractivity contribution >= 4 is 37.8 Å². The number of pyridine rings is 1. The fourth-order valence-electron chi connectivity index (χ4n) is 3.78. The summed E-state index contributed by atoms with van der Waals surface area (Å²) in [7, 11) is -3.87. The van der Waals surface area contributed by atoms with E-state index in [-0.39, 0.29) is 29.8 Å². The number of hydrogen-bond acceptors (Lipinski definition) is 7. The second-order valence-electron chi connectivity index (χ2n) is 8.62. The van der Waals surface area contributed by atoms with Gasteiger partial charge in [0.1, 0.15) is 6.04 Å². The number of rotatable bonds is 8. The summed E-state index contributed by atoms with van der Waals surface area (Å²) in [5.41, 5.74) is 0. The lowest BCUT2D eigenvalue weighted by atomic mass is 10.0. The molecule has 3 atom stereocenters. The monoisotopic (exact) mass is 556 g/mol. The Bertz CT molecular complexity index is 1090. The van der Waals surface area contributed by atoms with Gasteiger partial charge in [-0.05, 0) is 65.4 Å². The number of halogens is 1. The minimum atomic E-state index is -3.87. The van der Waals surface area contributed by atoms with E-state index in [0.717, 1.165) is 0 Å². The molecule has 0 aromatic carbocycles. The number of amides is 2. The highest BCUT2D eigenvalue weighted by Gasteiger charge is 2.35. The summed E-state index contributed by atoms with van der Waals surface area (Å²) in [4.78, 5) is 29.5. The topological polar surface area (TPSA) is 142 Å². The summed E-state index contributed by atoms with van der Waals surface area (Å²) in [6.45, 7) is 3.88. The average molecular weight is 557 g/mol. The van der Waals surface area contributed by atoms with Gasteiger partial charge in [-0.1, -0.05) is 19.9 Å². The third-order valence-corrected chi connectivity index (χ3v) is 7.68. The molecule has 34 heavy (non-hydrogen) atoms. The number of aliphatic hydroxyl groups excluding tert-OH is 1. The molecule has 1 aliphatic rings. The van der Waals surface area contributed by atoms with E-state index in [0.29, 0.717) is 23.9 Å². The van der Waals surface area contributed by atoms with Gasteiger partial charge in [-0.25, -0.2) is 13.4 Å². The van der Waals surface area contributed by atoms with Gasteiger partial charge in [0.05, 0.1) is 12.1 Å². The van der Waals surface area contributed by atoms with Crippen molar-refractivity contribution in [1.82, 2.24) is 19.9 Å². The largest absolute Gasteiger partial charge is 0.444 e. The highest BCUT2D eigenvalue weighted by molar-refractivity contribution is 9.10. The van der Waals surface area contributed by atoms with Crippen molar-refractivity contribution < 1.29 is 27.5 Å². The Hall–Kier alpha value is -2.28. The Morgan fingerprint density at radius 3 is 2.68 bits per heavy atom. The molecule has 1 aliphatic heterocycles. The van der Waals surface area contributed by atoms with Gasteiger partial charge in [0.2, 0.25) is 5.91 Å². The summed E-state index contributed by atoms with van der Waals surface area (Å²) in [5.74, 6) is -0.797. The molecule has 3 N–H and O–H groups in total. The molecule has 1 saturated heterocycles.